The van der Waals surface area contributed by atoms with E-state index in [-0.39, 0.29) is 32.0 Å². The Labute approximate surface area is 558 Å². The van der Waals surface area contributed by atoms with Gasteiger partial charge in [-0.15, -0.1) is 0 Å². The molecule has 0 fully saturated rings. The number of carbonyl (C=O) groups is 2. The lowest BCUT2D eigenvalue weighted by Crippen LogP contribution is -2.37. The first kappa shape index (κ1) is 87.2. The first-order valence-electron chi connectivity index (χ1n) is 38.3. The van der Waals surface area contributed by atoms with E-state index in [1.165, 1.54) is 257 Å². The van der Waals surface area contributed by atoms with Gasteiger partial charge < -0.3 is 18.9 Å². The molecule has 2 atom stereocenters. The Bertz CT molecular complexity index is 1800. The molecule has 0 rings (SSSR count). The summed E-state index contributed by atoms with van der Waals surface area (Å²) in [4.78, 5) is 35.9. The summed E-state index contributed by atoms with van der Waals surface area (Å²) in [6, 6.07) is 0. The van der Waals surface area contributed by atoms with E-state index in [0.29, 0.717) is 17.4 Å². The van der Waals surface area contributed by atoms with E-state index in [2.05, 4.69) is 98.9 Å². The van der Waals surface area contributed by atoms with Gasteiger partial charge in [-0.1, -0.05) is 343 Å². The summed E-state index contributed by atoms with van der Waals surface area (Å²) in [6.07, 6.45) is 97.2. The van der Waals surface area contributed by atoms with Gasteiger partial charge in [0.05, 0.1) is 27.7 Å². The Morgan fingerprint density at radius 2 is 0.633 bits per heavy atom. The minimum absolute atomic E-state index is 0.0310. The number of rotatable bonds is 71. The first-order valence-corrected chi connectivity index (χ1v) is 39.8. The summed E-state index contributed by atoms with van der Waals surface area (Å²) in [5.41, 5.74) is 0. The normalized spacial score (nSPS) is 13.5. The quantitative estimate of drug-likeness (QED) is 0.0211. The van der Waals surface area contributed by atoms with Crippen molar-refractivity contribution >= 4 is 19.8 Å². The number of carbonyl (C=O) groups excluding carboxylic acids is 2. The van der Waals surface area contributed by atoms with Crippen molar-refractivity contribution in [1.29, 1.82) is 0 Å². The van der Waals surface area contributed by atoms with Crippen LogP contribution in [0.5, 0.6) is 0 Å². The molecule has 0 saturated carbocycles. The fourth-order valence-corrected chi connectivity index (χ4v) is 11.8. The number of hydrogen-bond acceptors (Lipinski definition) is 7. The molecule has 0 aromatic carbocycles. The molecule has 9 nitrogen and oxygen atoms in total. The van der Waals surface area contributed by atoms with Crippen LogP contribution in [0.25, 0.3) is 0 Å². The molecule has 0 amide bonds. The molecule has 0 saturated heterocycles. The number of hydrogen-bond donors (Lipinski definition) is 1. The Hall–Kier alpha value is -2.81. The first-order chi connectivity index (χ1) is 44.0. The topological polar surface area (TPSA) is 108 Å². The summed E-state index contributed by atoms with van der Waals surface area (Å²) in [5, 5.41) is 0. The van der Waals surface area contributed by atoms with Gasteiger partial charge in [0.2, 0.25) is 0 Å². The van der Waals surface area contributed by atoms with Gasteiger partial charge in [0.1, 0.15) is 19.8 Å². The van der Waals surface area contributed by atoms with E-state index in [4.69, 9.17) is 18.5 Å². The molecule has 1 N–H and O–H groups in total. The molecule has 0 bridgehead atoms. The number of ether oxygens (including phenoxy) is 2. The number of phosphoric acid groups is 1. The molecule has 0 spiro atoms. The molecule has 0 radical (unpaired) electrons. The second kappa shape index (κ2) is 70.5. The standard InChI is InChI=1S/C80H146NO8P/c1-6-8-10-12-14-16-18-20-22-24-26-28-30-32-33-34-35-36-37-38-39-40-41-42-43-44-45-46-47-49-51-53-55-57-59-61-63-65-67-69-71-73-80(83)89-78(77-88-90(84,85)87-75-74-81(3,4)5)76-86-79(82)72-70-68-66-64-62-60-58-56-54-52-50-48-31-29-27-25-23-21-19-17-15-13-11-9-7-2/h8,10,14,16,19-22,25-28,31,48,78H,6-7,9,11-13,15,17-18,23-24,29-30,32-47,49-77H2,1-5H3/p+1/b10-8-,16-14-,21-19-,22-20-,27-25-,28-26-,48-31-. The lowest BCUT2D eigenvalue weighted by atomic mass is 10.0. The summed E-state index contributed by atoms with van der Waals surface area (Å²) >= 11 is 0. The highest BCUT2D eigenvalue weighted by atomic mass is 31.2. The van der Waals surface area contributed by atoms with E-state index < -0.39 is 26.5 Å². The predicted octanol–water partition coefficient (Wildman–Crippen LogP) is 25.3. The van der Waals surface area contributed by atoms with Gasteiger partial charge in [-0.2, -0.15) is 0 Å². The minimum Gasteiger partial charge on any atom is -0.462 e. The van der Waals surface area contributed by atoms with Crippen molar-refractivity contribution < 1.29 is 42.1 Å². The van der Waals surface area contributed by atoms with Crippen LogP contribution in [0.2, 0.25) is 0 Å². The highest BCUT2D eigenvalue weighted by Crippen LogP contribution is 2.43. The number of nitrogens with zero attached hydrogens (tertiary/aromatic N) is 1. The van der Waals surface area contributed by atoms with Crippen LogP contribution in [0, 0.1) is 0 Å². The Morgan fingerprint density at radius 3 is 0.944 bits per heavy atom. The van der Waals surface area contributed by atoms with Crippen molar-refractivity contribution in [2.75, 3.05) is 47.5 Å². The Morgan fingerprint density at radius 1 is 0.356 bits per heavy atom. The van der Waals surface area contributed by atoms with E-state index in [0.717, 1.165) is 70.6 Å². The molecule has 0 aliphatic heterocycles. The molecular weight excluding hydrogens is 1130 g/mol. The number of phosphoric ester groups is 1. The number of likely N-dealkylation sites (N-methyl/N-ethyl adjacent to an activating group) is 1. The second-order valence-electron chi connectivity index (χ2n) is 27.0. The molecular formula is C80H147NO8P+. The van der Waals surface area contributed by atoms with Crippen LogP contribution in [0.15, 0.2) is 85.1 Å². The van der Waals surface area contributed by atoms with Crippen LogP contribution in [0.4, 0.5) is 0 Å². The average Bonchev–Trinajstić information content (AvgIpc) is 3.62. The van der Waals surface area contributed by atoms with E-state index >= 15 is 0 Å². The van der Waals surface area contributed by atoms with Crippen LogP contribution in [-0.2, 0) is 32.7 Å². The second-order valence-corrected chi connectivity index (χ2v) is 28.5. The van der Waals surface area contributed by atoms with Crippen LogP contribution >= 0.6 is 7.82 Å². The molecule has 0 aliphatic rings. The number of unbranched alkanes of at least 4 members (excludes halogenated alkanes) is 43. The van der Waals surface area contributed by atoms with E-state index in [1.807, 2.05) is 21.1 Å². The van der Waals surface area contributed by atoms with Gasteiger partial charge in [0, 0.05) is 12.8 Å². The third-order valence-corrected chi connectivity index (χ3v) is 17.9. The van der Waals surface area contributed by atoms with E-state index in [1.54, 1.807) is 0 Å². The van der Waals surface area contributed by atoms with Crippen LogP contribution in [0.3, 0.4) is 0 Å². The van der Waals surface area contributed by atoms with Gasteiger partial charge in [-0.25, -0.2) is 4.57 Å². The largest absolute Gasteiger partial charge is 0.472 e. The van der Waals surface area contributed by atoms with Crippen LogP contribution in [-0.4, -0.2) is 74.9 Å². The van der Waals surface area contributed by atoms with Gasteiger partial charge >= 0.3 is 19.8 Å². The number of allylic oxidation sites excluding steroid dienone is 14. The molecule has 0 aromatic heterocycles. The zero-order valence-electron chi connectivity index (χ0n) is 59.9. The fraction of sp³-hybridized carbons (Fsp3) is 0.800. The maximum Gasteiger partial charge on any atom is 0.472 e. The van der Waals surface area contributed by atoms with Gasteiger partial charge in [0.25, 0.3) is 0 Å². The number of esters is 2. The van der Waals surface area contributed by atoms with Gasteiger partial charge in [-0.3, -0.25) is 18.6 Å². The predicted molar refractivity (Wildman–Crippen MR) is 390 cm³/mol. The molecule has 0 heterocycles. The lowest BCUT2D eigenvalue weighted by Gasteiger charge is -2.24. The highest BCUT2D eigenvalue weighted by molar-refractivity contribution is 7.47. The zero-order chi connectivity index (χ0) is 65.5. The maximum atomic E-state index is 12.9. The summed E-state index contributed by atoms with van der Waals surface area (Å²) in [7, 11) is 1.49. The van der Waals surface area contributed by atoms with Crippen molar-refractivity contribution in [1.82, 2.24) is 0 Å². The van der Waals surface area contributed by atoms with Crippen molar-refractivity contribution in [2.24, 2.45) is 0 Å². The van der Waals surface area contributed by atoms with Crippen molar-refractivity contribution in [3.8, 4) is 0 Å². The summed E-state index contributed by atoms with van der Waals surface area (Å²) in [6.45, 7) is 4.35. The van der Waals surface area contributed by atoms with Gasteiger partial charge in [-0.05, 0) is 89.9 Å². The monoisotopic (exact) mass is 1280 g/mol. The third-order valence-electron chi connectivity index (χ3n) is 16.9. The molecule has 10 heteroatoms. The lowest BCUT2D eigenvalue weighted by molar-refractivity contribution is -0.870. The summed E-state index contributed by atoms with van der Waals surface area (Å²) < 4.78 is 34.8. The Kier molecular flexibility index (Phi) is 68.3. The molecule has 90 heavy (non-hydrogen) atoms. The smallest absolute Gasteiger partial charge is 0.462 e. The highest BCUT2D eigenvalue weighted by Gasteiger charge is 2.27. The molecule has 0 aliphatic carbocycles. The number of quaternary nitrogens is 1. The van der Waals surface area contributed by atoms with Gasteiger partial charge in [0.15, 0.2) is 6.10 Å². The molecule has 2 unspecified atom stereocenters. The average molecular weight is 1280 g/mol. The van der Waals surface area contributed by atoms with Crippen molar-refractivity contribution in [2.45, 2.75) is 367 Å². The third kappa shape index (κ3) is 74.2. The van der Waals surface area contributed by atoms with Crippen LogP contribution in [0.1, 0.15) is 361 Å². The minimum atomic E-state index is -4.40. The Balaban J connectivity index is 3.92. The maximum absolute atomic E-state index is 12.9. The summed E-state index contributed by atoms with van der Waals surface area (Å²) in [5.74, 6) is -0.787. The fourth-order valence-electron chi connectivity index (χ4n) is 11.1. The van der Waals surface area contributed by atoms with Crippen molar-refractivity contribution in [3.63, 3.8) is 0 Å². The van der Waals surface area contributed by atoms with Crippen LogP contribution < -0.4 is 0 Å². The SMILES string of the molecule is CC/C=C\C/C=C\C/C=C\C/C=C\CCCCCCCCCCCCCCCCCCCCCCCCCCCCCCC(=O)OC(COC(=O)CCCCCCCCCCCC/C=C\C/C=C\C/C=C\CCCCCCC)COP(=O)(O)OCC[N+](C)(C)C. The van der Waals surface area contributed by atoms with Crippen molar-refractivity contribution in [3.05, 3.63) is 85.1 Å². The molecule has 0 aromatic rings. The van der Waals surface area contributed by atoms with E-state index in [9.17, 15) is 19.0 Å². The molecule has 524 valence electrons. The zero-order valence-corrected chi connectivity index (χ0v) is 60.8.